The highest BCUT2D eigenvalue weighted by molar-refractivity contribution is 5.93. The molecule has 0 saturated heterocycles. The van der Waals surface area contributed by atoms with Gasteiger partial charge in [0.05, 0.1) is 11.4 Å². The molecule has 1 aromatic heterocycles. The van der Waals surface area contributed by atoms with Crippen molar-refractivity contribution in [3.8, 4) is 5.69 Å². The Morgan fingerprint density at radius 3 is 2.58 bits per heavy atom. The van der Waals surface area contributed by atoms with Crippen LogP contribution in [0.1, 0.15) is 47.4 Å². The summed E-state index contributed by atoms with van der Waals surface area (Å²) in [5, 5.41) is 11.4. The first kappa shape index (κ1) is 16.6. The van der Waals surface area contributed by atoms with Gasteiger partial charge in [-0.25, -0.2) is 4.68 Å². The first-order valence-electron chi connectivity index (χ1n) is 8.44. The summed E-state index contributed by atoms with van der Waals surface area (Å²) in [5.41, 5.74) is 3.55. The molecule has 128 valence electrons. The van der Waals surface area contributed by atoms with Gasteiger partial charge in [-0.2, -0.15) is 0 Å². The highest BCUT2D eigenvalue weighted by Gasteiger charge is 2.34. The van der Waals surface area contributed by atoms with Crippen LogP contribution in [0.2, 0.25) is 0 Å². The smallest absolute Gasteiger partial charge is 0.273 e. The van der Waals surface area contributed by atoms with Crippen LogP contribution in [0, 0.1) is 6.92 Å². The van der Waals surface area contributed by atoms with Gasteiger partial charge in [0.15, 0.2) is 5.69 Å². The average Bonchev–Trinajstić information content (AvgIpc) is 3.31. The Morgan fingerprint density at radius 2 is 2.00 bits per heavy atom. The SMILES string of the molecule is Cc1ccc(-n2nnc(C(=O)NC[C@@H](C)N(C)C)c2C2CC2)cc1. The second-order valence-corrected chi connectivity index (χ2v) is 6.87. The van der Waals surface area contributed by atoms with Crippen LogP contribution in [0.25, 0.3) is 5.69 Å². The first-order valence-corrected chi connectivity index (χ1v) is 8.44. The Kier molecular flexibility index (Phi) is 4.66. The Labute approximate surface area is 142 Å². The topological polar surface area (TPSA) is 63.1 Å². The molecule has 0 aliphatic heterocycles. The van der Waals surface area contributed by atoms with Crippen LogP contribution in [0.3, 0.4) is 0 Å². The lowest BCUT2D eigenvalue weighted by Gasteiger charge is -2.19. The summed E-state index contributed by atoms with van der Waals surface area (Å²) in [4.78, 5) is 14.7. The Balaban J connectivity index is 1.84. The van der Waals surface area contributed by atoms with Crippen molar-refractivity contribution in [3.63, 3.8) is 0 Å². The number of hydrogen-bond acceptors (Lipinski definition) is 4. The van der Waals surface area contributed by atoms with Gasteiger partial charge < -0.3 is 10.2 Å². The molecule has 1 aliphatic rings. The normalized spacial score (nSPS) is 15.5. The molecule has 1 aromatic carbocycles. The van der Waals surface area contributed by atoms with Crippen LogP contribution in [0.15, 0.2) is 24.3 Å². The van der Waals surface area contributed by atoms with E-state index in [0.29, 0.717) is 18.2 Å². The van der Waals surface area contributed by atoms with Crippen LogP contribution >= 0.6 is 0 Å². The van der Waals surface area contributed by atoms with Crippen LogP contribution in [0.4, 0.5) is 0 Å². The fourth-order valence-electron chi connectivity index (χ4n) is 2.56. The molecular weight excluding hydrogens is 302 g/mol. The van der Waals surface area contributed by atoms with Crippen molar-refractivity contribution in [2.24, 2.45) is 0 Å². The van der Waals surface area contributed by atoms with E-state index in [-0.39, 0.29) is 11.9 Å². The summed E-state index contributed by atoms with van der Waals surface area (Å²) < 4.78 is 1.82. The molecule has 6 nitrogen and oxygen atoms in total. The minimum atomic E-state index is -0.135. The van der Waals surface area contributed by atoms with Gasteiger partial charge in [-0.1, -0.05) is 22.9 Å². The minimum Gasteiger partial charge on any atom is -0.349 e. The predicted octanol–water partition coefficient (Wildman–Crippen LogP) is 2.13. The van der Waals surface area contributed by atoms with Crippen molar-refractivity contribution in [1.82, 2.24) is 25.2 Å². The lowest BCUT2D eigenvalue weighted by molar-refractivity contribution is 0.0937. The summed E-state index contributed by atoms with van der Waals surface area (Å²) in [6, 6.07) is 8.40. The summed E-state index contributed by atoms with van der Waals surface area (Å²) in [6.45, 7) is 4.72. The Hall–Kier alpha value is -2.21. The van der Waals surface area contributed by atoms with E-state index in [9.17, 15) is 4.79 Å². The van der Waals surface area contributed by atoms with E-state index >= 15 is 0 Å². The van der Waals surface area contributed by atoms with Gasteiger partial charge in [-0.3, -0.25) is 4.79 Å². The zero-order valence-corrected chi connectivity index (χ0v) is 14.8. The van der Waals surface area contributed by atoms with Crippen molar-refractivity contribution in [3.05, 3.63) is 41.2 Å². The first-order chi connectivity index (χ1) is 11.5. The summed E-state index contributed by atoms with van der Waals surface area (Å²) in [5.74, 6) is 0.247. The molecule has 0 spiro atoms. The van der Waals surface area contributed by atoms with Crippen molar-refractivity contribution in [2.45, 2.75) is 38.6 Å². The van der Waals surface area contributed by atoms with Crippen molar-refractivity contribution >= 4 is 5.91 Å². The molecule has 1 atom stereocenters. The molecule has 0 radical (unpaired) electrons. The number of hydrogen-bond donors (Lipinski definition) is 1. The van der Waals surface area contributed by atoms with E-state index in [1.54, 1.807) is 0 Å². The number of aromatic nitrogens is 3. The Morgan fingerprint density at radius 1 is 1.33 bits per heavy atom. The Bertz CT molecular complexity index is 716. The van der Waals surface area contributed by atoms with E-state index in [1.165, 1.54) is 5.56 Å². The maximum absolute atomic E-state index is 12.6. The summed E-state index contributed by atoms with van der Waals surface area (Å²) in [6.07, 6.45) is 2.18. The largest absolute Gasteiger partial charge is 0.349 e. The molecule has 2 aromatic rings. The van der Waals surface area contributed by atoms with Gasteiger partial charge in [0, 0.05) is 18.5 Å². The lowest BCUT2D eigenvalue weighted by atomic mass is 10.2. The molecule has 3 rings (SSSR count). The molecule has 1 aliphatic carbocycles. The quantitative estimate of drug-likeness (QED) is 0.883. The predicted molar refractivity (Wildman–Crippen MR) is 93.6 cm³/mol. The van der Waals surface area contributed by atoms with Gasteiger partial charge in [-0.15, -0.1) is 5.10 Å². The molecule has 6 heteroatoms. The third-order valence-electron chi connectivity index (χ3n) is 4.60. The molecule has 1 amide bonds. The van der Waals surface area contributed by atoms with Gasteiger partial charge >= 0.3 is 0 Å². The third kappa shape index (κ3) is 3.48. The molecule has 1 saturated carbocycles. The maximum atomic E-state index is 12.6. The highest BCUT2D eigenvalue weighted by Crippen LogP contribution is 2.41. The fourth-order valence-corrected chi connectivity index (χ4v) is 2.56. The molecule has 24 heavy (non-hydrogen) atoms. The number of nitrogens with zero attached hydrogens (tertiary/aromatic N) is 4. The third-order valence-corrected chi connectivity index (χ3v) is 4.60. The molecule has 0 unspecified atom stereocenters. The van der Waals surface area contributed by atoms with E-state index in [1.807, 2.05) is 43.0 Å². The van der Waals surface area contributed by atoms with Crippen LogP contribution in [0.5, 0.6) is 0 Å². The molecular formula is C18H25N5O. The van der Waals surface area contributed by atoms with Gasteiger partial charge in [-0.05, 0) is 52.9 Å². The van der Waals surface area contributed by atoms with Crippen molar-refractivity contribution < 1.29 is 4.79 Å². The van der Waals surface area contributed by atoms with E-state index in [0.717, 1.165) is 24.2 Å². The minimum absolute atomic E-state index is 0.135. The van der Waals surface area contributed by atoms with Gasteiger partial charge in [0.1, 0.15) is 0 Å². The summed E-state index contributed by atoms with van der Waals surface area (Å²) in [7, 11) is 4.00. The molecule has 1 N–H and O–H groups in total. The van der Waals surface area contributed by atoms with E-state index in [2.05, 4.69) is 34.4 Å². The van der Waals surface area contributed by atoms with Crippen LogP contribution in [-0.4, -0.2) is 52.5 Å². The average molecular weight is 327 g/mol. The second kappa shape index (κ2) is 6.73. The summed E-state index contributed by atoms with van der Waals surface area (Å²) >= 11 is 0. The monoisotopic (exact) mass is 327 g/mol. The molecule has 0 bridgehead atoms. The maximum Gasteiger partial charge on any atom is 0.273 e. The highest BCUT2D eigenvalue weighted by atomic mass is 16.2. The standard InChI is InChI=1S/C18H25N5O/c1-12-5-9-15(10-6-12)23-17(14-7-8-14)16(20-21-23)18(24)19-11-13(2)22(3)4/h5-6,9-10,13-14H,7-8,11H2,1-4H3,(H,19,24)/t13-/m1/s1. The van der Waals surface area contributed by atoms with Crippen molar-refractivity contribution in [1.29, 1.82) is 0 Å². The molecule has 1 heterocycles. The van der Waals surface area contributed by atoms with Gasteiger partial charge in [0.25, 0.3) is 5.91 Å². The molecule has 1 fully saturated rings. The van der Waals surface area contributed by atoms with E-state index in [4.69, 9.17) is 0 Å². The number of carbonyl (C=O) groups excluding carboxylic acids is 1. The zero-order valence-electron chi connectivity index (χ0n) is 14.8. The fraction of sp³-hybridized carbons (Fsp3) is 0.500. The number of aryl methyl sites for hydroxylation is 1. The van der Waals surface area contributed by atoms with Crippen LogP contribution < -0.4 is 5.32 Å². The van der Waals surface area contributed by atoms with E-state index < -0.39 is 0 Å². The number of likely N-dealkylation sites (N-methyl/N-ethyl adjacent to an activating group) is 1. The zero-order chi connectivity index (χ0) is 17.3. The number of benzene rings is 1. The number of nitrogens with one attached hydrogen (secondary N) is 1. The van der Waals surface area contributed by atoms with Crippen LogP contribution in [-0.2, 0) is 0 Å². The number of carbonyl (C=O) groups is 1. The van der Waals surface area contributed by atoms with Crippen molar-refractivity contribution in [2.75, 3.05) is 20.6 Å². The van der Waals surface area contributed by atoms with Gasteiger partial charge in [0.2, 0.25) is 0 Å². The lowest BCUT2D eigenvalue weighted by Crippen LogP contribution is -2.38. The number of rotatable bonds is 6. The number of amides is 1. The second-order valence-electron chi connectivity index (χ2n) is 6.87.